The number of hydrogen-bond acceptors (Lipinski definition) is 4. The molecule has 0 bridgehead atoms. The summed E-state index contributed by atoms with van der Waals surface area (Å²) in [4.78, 5) is 12.3. The van der Waals surface area contributed by atoms with Crippen LogP contribution in [0.2, 0.25) is 0 Å². The van der Waals surface area contributed by atoms with Gasteiger partial charge in [0.05, 0.1) is 0 Å². The van der Waals surface area contributed by atoms with Gasteiger partial charge >= 0.3 is 0 Å². The average molecular weight is 247 g/mol. The number of nitrogens with zero attached hydrogens (tertiary/aromatic N) is 2. The van der Waals surface area contributed by atoms with E-state index < -0.39 is 0 Å². The molecule has 0 amide bonds. The quantitative estimate of drug-likeness (QED) is 0.842. The molecule has 0 atom stereocenters. The van der Waals surface area contributed by atoms with E-state index in [4.69, 9.17) is 5.41 Å². The molecular weight excluding hydrogens is 234 g/mol. The van der Waals surface area contributed by atoms with Gasteiger partial charge in [0.25, 0.3) is 0 Å². The normalized spacial score (nSPS) is 10.5. The molecule has 88 valence electrons. The summed E-state index contributed by atoms with van der Waals surface area (Å²) in [6.07, 6.45) is 0. The number of nitrogens with one attached hydrogen (secondary N) is 1. The lowest BCUT2D eigenvalue weighted by molar-refractivity contribution is 0.0966. The van der Waals surface area contributed by atoms with Crippen LogP contribution in [0.3, 0.4) is 0 Å². The van der Waals surface area contributed by atoms with E-state index in [1.165, 1.54) is 16.0 Å². The van der Waals surface area contributed by atoms with Gasteiger partial charge < -0.3 is 0 Å². The summed E-state index contributed by atoms with van der Waals surface area (Å²) in [5, 5.41) is 12.6. The zero-order chi connectivity index (χ0) is 12.4. The minimum absolute atomic E-state index is 0.0196. The molecule has 0 aliphatic carbocycles. The summed E-state index contributed by atoms with van der Waals surface area (Å²) < 4.78 is 1.43. The first kappa shape index (κ1) is 11.7. The highest BCUT2D eigenvalue weighted by atomic mass is 32.1. The van der Waals surface area contributed by atoms with Gasteiger partial charge in [-0.1, -0.05) is 41.2 Å². The minimum Gasteiger partial charge on any atom is -0.292 e. The van der Waals surface area contributed by atoms with Gasteiger partial charge in [0.1, 0.15) is 11.6 Å². The molecule has 1 aromatic heterocycles. The first-order chi connectivity index (χ1) is 8.06. The fraction of sp³-hybridized carbons (Fsp3) is 0.250. The van der Waals surface area contributed by atoms with Crippen molar-refractivity contribution in [3.8, 4) is 0 Å². The summed E-state index contributed by atoms with van der Waals surface area (Å²) in [6.45, 7) is 3.94. The summed E-state index contributed by atoms with van der Waals surface area (Å²) >= 11 is 1.28. The number of benzene rings is 1. The van der Waals surface area contributed by atoms with Crippen LogP contribution in [-0.4, -0.2) is 15.6 Å². The molecule has 0 aliphatic rings. The maximum atomic E-state index is 11.9. The molecule has 1 heterocycles. The molecule has 1 N–H and O–H groups in total. The molecule has 0 radical (unpaired) electrons. The molecule has 4 nitrogen and oxygen atoms in total. The Bertz CT molecular complexity index is 595. The molecule has 2 aromatic rings. The zero-order valence-corrected chi connectivity index (χ0v) is 10.5. The lowest BCUT2D eigenvalue weighted by Crippen LogP contribution is -2.21. The average Bonchev–Trinajstić information content (AvgIpc) is 2.58. The van der Waals surface area contributed by atoms with Gasteiger partial charge in [0, 0.05) is 5.56 Å². The van der Waals surface area contributed by atoms with Crippen LogP contribution < -0.4 is 4.80 Å². The van der Waals surface area contributed by atoms with E-state index in [1.54, 1.807) is 12.1 Å². The zero-order valence-electron chi connectivity index (χ0n) is 9.73. The van der Waals surface area contributed by atoms with Gasteiger partial charge in [0.15, 0.2) is 5.78 Å². The van der Waals surface area contributed by atoms with Crippen LogP contribution in [0, 0.1) is 19.3 Å². The van der Waals surface area contributed by atoms with Crippen LogP contribution in [0.25, 0.3) is 0 Å². The Hall–Kier alpha value is -1.75. The third-order valence-electron chi connectivity index (χ3n) is 2.41. The van der Waals surface area contributed by atoms with Crippen molar-refractivity contribution in [2.45, 2.75) is 20.4 Å². The highest BCUT2D eigenvalue weighted by Crippen LogP contribution is 2.05. The number of hydrogen-bond donors (Lipinski definition) is 1. The van der Waals surface area contributed by atoms with Gasteiger partial charge in [-0.2, -0.15) is 5.10 Å². The number of carbonyl (C=O) groups excluding carboxylic acids is 1. The Balaban J connectivity index is 2.20. The summed E-state index contributed by atoms with van der Waals surface area (Å²) in [5.74, 6) is -0.0196. The van der Waals surface area contributed by atoms with E-state index in [0.29, 0.717) is 10.4 Å². The number of ketones is 1. The van der Waals surface area contributed by atoms with E-state index in [1.807, 2.05) is 26.0 Å². The molecule has 0 unspecified atom stereocenters. The van der Waals surface area contributed by atoms with Crippen LogP contribution in [0.5, 0.6) is 0 Å². The van der Waals surface area contributed by atoms with E-state index in [2.05, 4.69) is 5.10 Å². The SMILES string of the molecule is Cc1ccc(C(=O)Cn2nc(C)sc2=N)cc1. The van der Waals surface area contributed by atoms with Crippen LogP contribution in [0.4, 0.5) is 0 Å². The number of carbonyl (C=O) groups is 1. The highest BCUT2D eigenvalue weighted by molar-refractivity contribution is 7.08. The van der Waals surface area contributed by atoms with Gasteiger partial charge in [-0.15, -0.1) is 0 Å². The molecule has 5 heteroatoms. The predicted octanol–water partition coefficient (Wildman–Crippen LogP) is 1.92. The molecule has 0 aliphatic heterocycles. The monoisotopic (exact) mass is 247 g/mol. The smallest absolute Gasteiger partial charge is 0.200 e. The molecule has 0 spiro atoms. The summed E-state index contributed by atoms with van der Waals surface area (Å²) in [5.41, 5.74) is 1.79. The van der Waals surface area contributed by atoms with E-state index in [0.717, 1.165) is 10.6 Å². The van der Waals surface area contributed by atoms with Crippen molar-refractivity contribution in [2.24, 2.45) is 0 Å². The van der Waals surface area contributed by atoms with E-state index in [9.17, 15) is 4.79 Å². The van der Waals surface area contributed by atoms with Crippen LogP contribution >= 0.6 is 11.3 Å². The second-order valence-corrected chi connectivity index (χ2v) is 5.05. The minimum atomic E-state index is -0.0196. The standard InChI is InChI=1S/C12H13N3OS/c1-8-3-5-10(6-4-8)11(16)7-15-12(13)17-9(2)14-15/h3-6,13H,7H2,1-2H3. The fourth-order valence-electron chi connectivity index (χ4n) is 1.50. The molecule has 0 saturated heterocycles. The maximum Gasteiger partial charge on any atom is 0.200 e. The lowest BCUT2D eigenvalue weighted by atomic mass is 10.1. The lowest BCUT2D eigenvalue weighted by Gasteiger charge is -2.01. The Morgan fingerprint density at radius 3 is 2.53 bits per heavy atom. The molecule has 1 aromatic carbocycles. The number of aromatic nitrogens is 2. The largest absolute Gasteiger partial charge is 0.292 e. The van der Waals surface area contributed by atoms with E-state index >= 15 is 0 Å². The number of Topliss-reactive ketones (excluding diaryl/α,β-unsaturated/α-hetero) is 1. The number of aryl methyl sites for hydroxylation is 2. The third kappa shape index (κ3) is 2.68. The van der Waals surface area contributed by atoms with Gasteiger partial charge in [0.2, 0.25) is 4.80 Å². The maximum absolute atomic E-state index is 11.9. The van der Waals surface area contributed by atoms with Crippen molar-refractivity contribution >= 4 is 17.1 Å². The van der Waals surface area contributed by atoms with Crippen molar-refractivity contribution < 1.29 is 4.79 Å². The van der Waals surface area contributed by atoms with Gasteiger partial charge in [-0.25, -0.2) is 4.68 Å². The predicted molar refractivity (Wildman–Crippen MR) is 66.2 cm³/mol. The Morgan fingerprint density at radius 1 is 1.35 bits per heavy atom. The Morgan fingerprint density at radius 2 is 2.00 bits per heavy atom. The second-order valence-electron chi connectivity index (χ2n) is 3.87. The number of rotatable bonds is 3. The highest BCUT2D eigenvalue weighted by Gasteiger charge is 2.08. The van der Waals surface area contributed by atoms with Crippen LogP contribution in [-0.2, 0) is 6.54 Å². The van der Waals surface area contributed by atoms with Crippen molar-refractivity contribution in [2.75, 3.05) is 0 Å². The summed E-state index contributed by atoms with van der Waals surface area (Å²) in [7, 11) is 0. The van der Waals surface area contributed by atoms with Crippen molar-refractivity contribution in [1.82, 2.24) is 9.78 Å². The molecule has 0 fully saturated rings. The summed E-state index contributed by atoms with van der Waals surface area (Å²) in [6, 6.07) is 7.43. The molecule has 2 rings (SSSR count). The third-order valence-corrected chi connectivity index (χ3v) is 3.19. The van der Waals surface area contributed by atoms with E-state index in [-0.39, 0.29) is 12.3 Å². The molecule has 17 heavy (non-hydrogen) atoms. The van der Waals surface area contributed by atoms with Gasteiger partial charge in [-0.05, 0) is 13.8 Å². The van der Waals surface area contributed by atoms with Gasteiger partial charge in [-0.3, -0.25) is 10.2 Å². The second kappa shape index (κ2) is 4.63. The Kier molecular flexibility index (Phi) is 3.19. The topological polar surface area (TPSA) is 58.7 Å². The molecule has 0 saturated carbocycles. The van der Waals surface area contributed by atoms with Crippen molar-refractivity contribution in [1.29, 1.82) is 5.41 Å². The van der Waals surface area contributed by atoms with Crippen molar-refractivity contribution in [3.05, 3.63) is 45.2 Å². The first-order valence-corrected chi connectivity index (χ1v) is 6.07. The van der Waals surface area contributed by atoms with Crippen LogP contribution in [0.1, 0.15) is 20.9 Å². The molecular formula is C12H13N3OS. The van der Waals surface area contributed by atoms with Crippen molar-refractivity contribution in [3.63, 3.8) is 0 Å². The first-order valence-electron chi connectivity index (χ1n) is 5.25. The Labute approximate surface area is 103 Å². The van der Waals surface area contributed by atoms with Crippen LogP contribution in [0.15, 0.2) is 24.3 Å². The fourth-order valence-corrected chi connectivity index (χ4v) is 2.13.